The molecule has 0 saturated carbocycles. The molecule has 19 heavy (non-hydrogen) atoms. The summed E-state index contributed by atoms with van der Waals surface area (Å²) in [6, 6.07) is 0. The summed E-state index contributed by atoms with van der Waals surface area (Å²) < 4.78 is 6.68. The molecule has 2 N–H and O–H groups in total. The van der Waals surface area contributed by atoms with Crippen LogP contribution in [0.25, 0.3) is 10.4 Å². The highest BCUT2D eigenvalue weighted by Gasteiger charge is 2.34. The van der Waals surface area contributed by atoms with Crippen molar-refractivity contribution in [2.75, 3.05) is 6.54 Å². The molecule has 1 aromatic heterocycles. The van der Waals surface area contributed by atoms with Gasteiger partial charge in [-0.15, -0.1) is 0 Å². The molecule has 0 radical (unpaired) electrons. The molecule has 0 spiro atoms. The number of aromatic nitrogens is 2. The minimum atomic E-state index is -0.824. The Kier molecular flexibility index (Phi) is 3.70. The topological polar surface area (TPSA) is 133 Å². The third-order valence-electron chi connectivity index (χ3n) is 2.99. The lowest BCUT2D eigenvalue weighted by Gasteiger charge is -2.14. The Bertz CT molecular complexity index is 630. The van der Waals surface area contributed by atoms with Gasteiger partial charge < -0.3 is 9.84 Å². The lowest BCUT2D eigenvalue weighted by atomic mass is 10.2. The number of aliphatic hydroxyl groups excluding tert-OH is 1. The maximum atomic E-state index is 11.7. The van der Waals surface area contributed by atoms with Gasteiger partial charge in [0, 0.05) is 23.1 Å². The minimum absolute atomic E-state index is 0.00868. The number of azide groups is 1. The quantitative estimate of drug-likeness (QED) is 0.445. The van der Waals surface area contributed by atoms with E-state index in [-0.39, 0.29) is 13.0 Å². The van der Waals surface area contributed by atoms with E-state index in [1.807, 2.05) is 0 Å². The lowest BCUT2D eigenvalue weighted by Crippen LogP contribution is -2.33. The molecular formula is C10H13N5O4. The van der Waals surface area contributed by atoms with Crippen molar-refractivity contribution >= 4 is 0 Å². The molecule has 1 aliphatic rings. The van der Waals surface area contributed by atoms with E-state index in [1.54, 1.807) is 6.92 Å². The Morgan fingerprint density at radius 2 is 2.42 bits per heavy atom. The maximum absolute atomic E-state index is 11.7. The number of nitrogens with one attached hydrogen (secondary N) is 1. The Balaban J connectivity index is 2.25. The minimum Gasteiger partial charge on any atom is -0.390 e. The van der Waals surface area contributed by atoms with Crippen molar-refractivity contribution in [1.82, 2.24) is 9.55 Å². The molecule has 1 aliphatic heterocycles. The summed E-state index contributed by atoms with van der Waals surface area (Å²) >= 11 is 0. The first-order valence-corrected chi connectivity index (χ1v) is 5.69. The third kappa shape index (κ3) is 2.68. The molecule has 0 aliphatic carbocycles. The van der Waals surface area contributed by atoms with Gasteiger partial charge in [0.15, 0.2) is 0 Å². The van der Waals surface area contributed by atoms with E-state index in [2.05, 4.69) is 15.0 Å². The van der Waals surface area contributed by atoms with Crippen LogP contribution >= 0.6 is 0 Å². The highest BCUT2D eigenvalue weighted by molar-refractivity contribution is 5.02. The summed E-state index contributed by atoms with van der Waals surface area (Å²) in [6.07, 6.45) is -0.586. The van der Waals surface area contributed by atoms with E-state index < -0.39 is 29.7 Å². The van der Waals surface area contributed by atoms with Gasteiger partial charge in [0.2, 0.25) is 0 Å². The average Bonchev–Trinajstić information content (AvgIpc) is 2.72. The zero-order chi connectivity index (χ0) is 14.0. The summed E-state index contributed by atoms with van der Waals surface area (Å²) in [7, 11) is 0. The summed E-state index contributed by atoms with van der Waals surface area (Å²) in [5.41, 5.74) is 7.55. The van der Waals surface area contributed by atoms with Gasteiger partial charge in [-0.2, -0.15) is 0 Å². The smallest absolute Gasteiger partial charge is 0.330 e. The second-order valence-electron chi connectivity index (χ2n) is 4.32. The van der Waals surface area contributed by atoms with Crippen LogP contribution in [0.4, 0.5) is 0 Å². The van der Waals surface area contributed by atoms with E-state index >= 15 is 0 Å². The number of hydrogen-bond donors (Lipinski definition) is 2. The molecule has 9 heteroatoms. The molecule has 0 aromatic carbocycles. The van der Waals surface area contributed by atoms with Gasteiger partial charge in [-0.05, 0) is 12.5 Å². The zero-order valence-electron chi connectivity index (χ0n) is 10.2. The van der Waals surface area contributed by atoms with Crippen molar-refractivity contribution in [3.8, 4) is 0 Å². The highest BCUT2D eigenvalue weighted by atomic mass is 16.5. The van der Waals surface area contributed by atoms with Crippen LogP contribution in [0.5, 0.6) is 0 Å². The lowest BCUT2D eigenvalue weighted by molar-refractivity contribution is -0.0151. The van der Waals surface area contributed by atoms with E-state index in [0.717, 1.165) is 0 Å². The molecule has 1 aromatic rings. The van der Waals surface area contributed by atoms with E-state index in [0.29, 0.717) is 5.56 Å². The van der Waals surface area contributed by atoms with Gasteiger partial charge in [-0.25, -0.2) is 4.79 Å². The number of ether oxygens (including phenoxy) is 1. The van der Waals surface area contributed by atoms with Crippen molar-refractivity contribution in [2.45, 2.75) is 31.8 Å². The van der Waals surface area contributed by atoms with Crippen LogP contribution in [0, 0.1) is 6.92 Å². The molecule has 9 nitrogen and oxygen atoms in total. The Hall–Kier alpha value is -2.09. The zero-order valence-corrected chi connectivity index (χ0v) is 10.2. The predicted molar refractivity (Wildman–Crippen MR) is 64.6 cm³/mol. The fourth-order valence-electron chi connectivity index (χ4n) is 1.97. The van der Waals surface area contributed by atoms with Crippen molar-refractivity contribution in [2.24, 2.45) is 5.11 Å². The van der Waals surface area contributed by atoms with Gasteiger partial charge in [0.25, 0.3) is 5.56 Å². The molecule has 0 amide bonds. The second kappa shape index (κ2) is 5.27. The summed E-state index contributed by atoms with van der Waals surface area (Å²) in [5, 5.41) is 13.1. The molecule has 1 saturated heterocycles. The summed E-state index contributed by atoms with van der Waals surface area (Å²) in [6.45, 7) is 1.56. The fraction of sp³-hybridized carbons (Fsp3) is 0.600. The van der Waals surface area contributed by atoms with Crippen LogP contribution in [-0.4, -0.2) is 33.4 Å². The first kappa shape index (κ1) is 13.3. The Morgan fingerprint density at radius 3 is 3.11 bits per heavy atom. The predicted octanol–water partition coefficient (Wildman–Crippen LogP) is -0.196. The number of rotatable bonds is 3. The van der Waals surface area contributed by atoms with Gasteiger partial charge in [-0.3, -0.25) is 14.3 Å². The van der Waals surface area contributed by atoms with Crippen LogP contribution in [0.2, 0.25) is 0 Å². The molecule has 1 unspecified atom stereocenters. The normalized spacial score (nSPS) is 26.1. The Labute approximate surface area is 107 Å². The highest BCUT2D eigenvalue weighted by Crippen LogP contribution is 2.27. The summed E-state index contributed by atoms with van der Waals surface area (Å²) in [4.78, 5) is 27.7. The Morgan fingerprint density at radius 1 is 1.68 bits per heavy atom. The van der Waals surface area contributed by atoms with Crippen molar-refractivity contribution in [3.63, 3.8) is 0 Å². The number of aliphatic hydroxyl groups is 1. The van der Waals surface area contributed by atoms with Crippen LogP contribution in [0.1, 0.15) is 18.2 Å². The fourth-order valence-corrected chi connectivity index (χ4v) is 1.97. The largest absolute Gasteiger partial charge is 0.390 e. The average molecular weight is 267 g/mol. The molecular weight excluding hydrogens is 254 g/mol. The van der Waals surface area contributed by atoms with Crippen LogP contribution in [0.15, 0.2) is 20.9 Å². The van der Waals surface area contributed by atoms with E-state index in [1.165, 1.54) is 10.8 Å². The third-order valence-corrected chi connectivity index (χ3v) is 2.99. The molecule has 0 bridgehead atoms. The van der Waals surface area contributed by atoms with Gasteiger partial charge in [0.05, 0.1) is 18.8 Å². The number of H-pyrrole nitrogens is 1. The molecule has 102 valence electrons. The van der Waals surface area contributed by atoms with E-state index in [9.17, 15) is 14.7 Å². The van der Waals surface area contributed by atoms with Crippen LogP contribution in [-0.2, 0) is 4.74 Å². The maximum Gasteiger partial charge on any atom is 0.330 e. The number of aromatic amines is 1. The molecule has 3 atom stereocenters. The number of aryl methyl sites for hydroxylation is 1. The SMILES string of the molecule is Cc1cn([C@H]2CC(O)[C@@H](CN=[N+]=[N-])O2)c(=O)[nH]c1=O. The van der Waals surface area contributed by atoms with Crippen molar-refractivity contribution in [3.05, 3.63) is 43.0 Å². The molecule has 2 rings (SSSR count). The second-order valence-corrected chi connectivity index (χ2v) is 4.32. The van der Waals surface area contributed by atoms with Gasteiger partial charge in [-0.1, -0.05) is 5.11 Å². The number of nitrogens with zero attached hydrogens (tertiary/aromatic N) is 4. The van der Waals surface area contributed by atoms with Crippen LogP contribution in [0.3, 0.4) is 0 Å². The standard InChI is InChI=1S/C10H13N5O4/c1-5-4-15(10(18)13-9(5)17)8-2-6(16)7(19-8)3-12-14-11/h4,6-8,16H,2-3H2,1H3,(H,13,17,18)/t6?,7-,8-/m1/s1. The first-order chi connectivity index (χ1) is 9.02. The van der Waals surface area contributed by atoms with Gasteiger partial charge >= 0.3 is 5.69 Å². The first-order valence-electron chi connectivity index (χ1n) is 5.69. The molecule has 1 fully saturated rings. The van der Waals surface area contributed by atoms with Gasteiger partial charge in [0.1, 0.15) is 6.23 Å². The summed E-state index contributed by atoms with van der Waals surface area (Å²) in [5.74, 6) is 0. The van der Waals surface area contributed by atoms with E-state index in [4.69, 9.17) is 10.3 Å². The van der Waals surface area contributed by atoms with Crippen molar-refractivity contribution < 1.29 is 9.84 Å². The van der Waals surface area contributed by atoms with Crippen molar-refractivity contribution in [1.29, 1.82) is 0 Å². The monoisotopic (exact) mass is 267 g/mol. The number of hydrogen-bond acceptors (Lipinski definition) is 5. The molecule has 2 heterocycles. The van der Waals surface area contributed by atoms with Crippen LogP contribution < -0.4 is 11.2 Å².